The van der Waals surface area contributed by atoms with E-state index in [0.29, 0.717) is 18.1 Å². The molecule has 2 rings (SSSR count). The first-order valence-electron chi connectivity index (χ1n) is 5.37. The number of nitrogens with zero attached hydrogens (tertiary/aromatic N) is 1. The number of fused-ring (bicyclic) bond motifs is 1. The van der Waals surface area contributed by atoms with Crippen LogP contribution < -0.4 is 4.74 Å². The third kappa shape index (κ3) is 1.88. The molecule has 1 aromatic carbocycles. The van der Waals surface area contributed by atoms with Crippen molar-refractivity contribution in [2.75, 3.05) is 6.61 Å². The Morgan fingerprint density at radius 3 is 2.94 bits per heavy atom. The molecule has 84 valence electrons. The van der Waals surface area contributed by atoms with Gasteiger partial charge >= 0.3 is 0 Å². The van der Waals surface area contributed by atoms with Gasteiger partial charge in [0.1, 0.15) is 5.75 Å². The topological polar surface area (TPSA) is 33.0 Å². The van der Waals surface area contributed by atoms with Crippen LogP contribution in [0.4, 0.5) is 0 Å². The maximum Gasteiger partial charge on any atom is 0.127 e. The standard InChI is InChI=1S/C13H14ClNO/c1-13(2)4-6-16-12-9(3-5-15)7-10(14)8-11(12)13/h7-8H,3-4,6H2,1-2H3. The van der Waals surface area contributed by atoms with Crippen molar-refractivity contribution in [1.29, 1.82) is 5.26 Å². The summed E-state index contributed by atoms with van der Waals surface area (Å²) < 4.78 is 5.69. The largest absolute Gasteiger partial charge is 0.493 e. The van der Waals surface area contributed by atoms with Crippen LogP contribution in [-0.4, -0.2) is 6.61 Å². The zero-order chi connectivity index (χ0) is 11.8. The molecule has 0 bridgehead atoms. The minimum absolute atomic E-state index is 0.0721. The Morgan fingerprint density at radius 1 is 1.50 bits per heavy atom. The summed E-state index contributed by atoms with van der Waals surface area (Å²) in [6.45, 7) is 5.07. The van der Waals surface area contributed by atoms with E-state index in [2.05, 4.69) is 19.9 Å². The molecule has 0 radical (unpaired) electrons. The van der Waals surface area contributed by atoms with Crippen LogP contribution in [0.5, 0.6) is 5.75 Å². The van der Waals surface area contributed by atoms with Crippen molar-refractivity contribution < 1.29 is 4.74 Å². The summed E-state index contributed by atoms with van der Waals surface area (Å²) in [6, 6.07) is 5.93. The molecular weight excluding hydrogens is 222 g/mol. The number of nitriles is 1. The number of benzene rings is 1. The molecular formula is C13H14ClNO. The summed E-state index contributed by atoms with van der Waals surface area (Å²) in [5.41, 5.74) is 2.09. The lowest BCUT2D eigenvalue weighted by atomic mass is 9.79. The van der Waals surface area contributed by atoms with E-state index in [1.165, 1.54) is 0 Å². The van der Waals surface area contributed by atoms with E-state index in [4.69, 9.17) is 21.6 Å². The van der Waals surface area contributed by atoms with E-state index in [9.17, 15) is 0 Å². The third-order valence-electron chi connectivity index (χ3n) is 3.10. The molecule has 3 heteroatoms. The molecule has 0 atom stereocenters. The van der Waals surface area contributed by atoms with Gasteiger partial charge in [0.15, 0.2) is 0 Å². The number of hydrogen-bond donors (Lipinski definition) is 0. The van der Waals surface area contributed by atoms with Gasteiger partial charge in [-0.1, -0.05) is 25.4 Å². The minimum atomic E-state index is 0.0721. The van der Waals surface area contributed by atoms with Gasteiger partial charge in [0.05, 0.1) is 19.1 Å². The molecule has 16 heavy (non-hydrogen) atoms. The fraction of sp³-hybridized carbons (Fsp3) is 0.462. The van der Waals surface area contributed by atoms with E-state index in [1.807, 2.05) is 12.1 Å². The summed E-state index contributed by atoms with van der Waals surface area (Å²) in [5, 5.41) is 9.48. The lowest BCUT2D eigenvalue weighted by Gasteiger charge is -2.33. The first-order valence-corrected chi connectivity index (χ1v) is 5.75. The van der Waals surface area contributed by atoms with Crippen LogP contribution >= 0.6 is 11.6 Å². The van der Waals surface area contributed by atoms with E-state index < -0.39 is 0 Å². The average Bonchev–Trinajstić information content (AvgIpc) is 2.19. The van der Waals surface area contributed by atoms with E-state index >= 15 is 0 Å². The third-order valence-corrected chi connectivity index (χ3v) is 3.32. The minimum Gasteiger partial charge on any atom is -0.493 e. The number of ether oxygens (including phenoxy) is 1. The second kappa shape index (κ2) is 3.99. The fourth-order valence-electron chi connectivity index (χ4n) is 2.08. The van der Waals surface area contributed by atoms with Gasteiger partial charge in [-0.25, -0.2) is 0 Å². The van der Waals surface area contributed by atoms with Gasteiger partial charge in [-0.05, 0) is 24.0 Å². The molecule has 0 saturated carbocycles. The fourth-order valence-corrected chi connectivity index (χ4v) is 2.32. The predicted octanol–water partition coefficient (Wildman–Crippen LogP) is 3.47. The summed E-state index contributed by atoms with van der Waals surface area (Å²) in [6.07, 6.45) is 1.32. The first-order chi connectivity index (χ1) is 7.54. The van der Waals surface area contributed by atoms with Gasteiger partial charge in [-0.2, -0.15) is 5.26 Å². The lowest BCUT2D eigenvalue weighted by molar-refractivity contribution is 0.232. The van der Waals surface area contributed by atoms with Crippen LogP contribution in [0.1, 0.15) is 31.4 Å². The molecule has 0 aliphatic carbocycles. The maximum atomic E-state index is 8.79. The Hall–Kier alpha value is -1.20. The zero-order valence-corrected chi connectivity index (χ0v) is 10.3. The molecule has 0 N–H and O–H groups in total. The van der Waals surface area contributed by atoms with Gasteiger partial charge in [-0.3, -0.25) is 0 Å². The van der Waals surface area contributed by atoms with Crippen molar-refractivity contribution in [3.05, 3.63) is 28.3 Å². The van der Waals surface area contributed by atoms with E-state index in [-0.39, 0.29) is 5.41 Å². The number of hydrogen-bond acceptors (Lipinski definition) is 2. The maximum absolute atomic E-state index is 8.79. The molecule has 0 spiro atoms. The molecule has 1 aliphatic rings. The van der Waals surface area contributed by atoms with Crippen LogP contribution in [0.25, 0.3) is 0 Å². The van der Waals surface area contributed by atoms with Gasteiger partial charge in [0.2, 0.25) is 0 Å². The summed E-state index contributed by atoms with van der Waals surface area (Å²) in [7, 11) is 0. The summed E-state index contributed by atoms with van der Waals surface area (Å²) in [5.74, 6) is 0.863. The Balaban J connectivity index is 2.60. The lowest BCUT2D eigenvalue weighted by Crippen LogP contribution is -2.27. The Morgan fingerprint density at radius 2 is 2.25 bits per heavy atom. The van der Waals surface area contributed by atoms with Crippen LogP contribution in [-0.2, 0) is 11.8 Å². The monoisotopic (exact) mass is 235 g/mol. The van der Waals surface area contributed by atoms with Crippen molar-refractivity contribution >= 4 is 11.6 Å². The normalized spacial score (nSPS) is 17.1. The Kier molecular flexibility index (Phi) is 2.82. The molecule has 1 aliphatic heterocycles. The zero-order valence-electron chi connectivity index (χ0n) is 9.51. The molecule has 2 nitrogen and oxygen atoms in total. The molecule has 0 amide bonds. The summed E-state index contributed by atoms with van der Waals surface area (Å²) >= 11 is 6.08. The van der Waals surface area contributed by atoms with Crippen molar-refractivity contribution in [1.82, 2.24) is 0 Å². The number of halogens is 1. The highest BCUT2D eigenvalue weighted by atomic mass is 35.5. The van der Waals surface area contributed by atoms with Crippen molar-refractivity contribution in [2.24, 2.45) is 0 Å². The highest BCUT2D eigenvalue weighted by Crippen LogP contribution is 2.42. The highest BCUT2D eigenvalue weighted by Gasteiger charge is 2.30. The van der Waals surface area contributed by atoms with Gasteiger partial charge < -0.3 is 4.74 Å². The average molecular weight is 236 g/mol. The predicted molar refractivity (Wildman–Crippen MR) is 63.9 cm³/mol. The molecule has 0 aromatic heterocycles. The van der Waals surface area contributed by atoms with Crippen molar-refractivity contribution in [2.45, 2.75) is 32.1 Å². The molecule has 1 heterocycles. The quantitative estimate of drug-likeness (QED) is 0.747. The molecule has 0 fully saturated rings. The van der Waals surface area contributed by atoms with Crippen molar-refractivity contribution in [3.63, 3.8) is 0 Å². The smallest absolute Gasteiger partial charge is 0.127 e. The molecule has 1 aromatic rings. The Labute approximate surface area is 101 Å². The first kappa shape index (κ1) is 11.3. The van der Waals surface area contributed by atoms with Gasteiger partial charge in [0.25, 0.3) is 0 Å². The van der Waals surface area contributed by atoms with Crippen molar-refractivity contribution in [3.8, 4) is 11.8 Å². The van der Waals surface area contributed by atoms with E-state index in [0.717, 1.165) is 23.3 Å². The van der Waals surface area contributed by atoms with Crippen LogP contribution in [0.3, 0.4) is 0 Å². The van der Waals surface area contributed by atoms with Gasteiger partial charge in [-0.15, -0.1) is 0 Å². The second-order valence-corrected chi connectivity index (χ2v) is 5.20. The Bertz CT molecular complexity index is 460. The highest BCUT2D eigenvalue weighted by molar-refractivity contribution is 6.30. The SMILES string of the molecule is CC1(C)CCOc2c(CC#N)cc(Cl)cc21. The molecule has 0 saturated heterocycles. The van der Waals surface area contributed by atoms with Crippen LogP contribution in [0.2, 0.25) is 5.02 Å². The van der Waals surface area contributed by atoms with E-state index in [1.54, 1.807) is 0 Å². The van der Waals surface area contributed by atoms with Gasteiger partial charge in [0, 0.05) is 16.1 Å². The number of rotatable bonds is 1. The van der Waals surface area contributed by atoms with Crippen LogP contribution in [0, 0.1) is 11.3 Å². The summed E-state index contributed by atoms with van der Waals surface area (Å²) in [4.78, 5) is 0. The second-order valence-electron chi connectivity index (χ2n) is 4.76. The van der Waals surface area contributed by atoms with Crippen LogP contribution in [0.15, 0.2) is 12.1 Å². The molecule has 0 unspecified atom stereocenters.